The van der Waals surface area contributed by atoms with Crippen molar-refractivity contribution in [3.63, 3.8) is 0 Å². The van der Waals surface area contributed by atoms with Crippen LogP contribution in [0, 0.1) is 17.8 Å². The number of ether oxygens (including phenoxy) is 2. The summed E-state index contributed by atoms with van der Waals surface area (Å²) in [6.07, 6.45) is 2.27. The van der Waals surface area contributed by atoms with E-state index >= 15 is 0 Å². The number of carbonyl (C=O) groups excluding carboxylic acids is 2. The van der Waals surface area contributed by atoms with E-state index in [2.05, 4.69) is 41.3 Å². The standard InChI is InChI=1S/C29H29N5O4S2/c1-4-5-13-37-21-11-12-22(30-15-21)25(36)31-23-17-39-26(32-23)29-18-38-28(2,3)14-20(29)16-40-27(34-29)33-24(35)19-9-7-6-8-10-19/h6-12,15,17,20H,13-14,16,18H2,1-3H3,(H,31,36)(H,33,34,35)/t20-,29-/m1/s1. The number of thiazole rings is 1. The van der Waals surface area contributed by atoms with Gasteiger partial charge in [-0.3, -0.25) is 9.59 Å². The number of anilines is 1. The van der Waals surface area contributed by atoms with Crippen LogP contribution in [-0.2, 0) is 10.3 Å². The summed E-state index contributed by atoms with van der Waals surface area (Å²) in [6.45, 7) is 6.47. The minimum Gasteiger partial charge on any atom is -0.479 e. The first kappa shape index (κ1) is 27.8. The van der Waals surface area contributed by atoms with Gasteiger partial charge in [-0.25, -0.2) is 15.0 Å². The lowest BCUT2D eigenvalue weighted by atomic mass is 9.77. The highest BCUT2D eigenvalue weighted by molar-refractivity contribution is 8.13. The molecule has 40 heavy (non-hydrogen) atoms. The number of nitrogens with zero attached hydrogens (tertiary/aromatic N) is 3. The third kappa shape index (κ3) is 6.20. The van der Waals surface area contributed by atoms with Crippen molar-refractivity contribution >= 4 is 45.9 Å². The maximum atomic E-state index is 12.9. The van der Waals surface area contributed by atoms with Crippen LogP contribution in [0.4, 0.5) is 5.82 Å². The second-order valence-corrected chi connectivity index (χ2v) is 11.9. The zero-order valence-corrected chi connectivity index (χ0v) is 24.0. The normalized spacial score (nSPS) is 21.2. The summed E-state index contributed by atoms with van der Waals surface area (Å²) in [5.41, 5.74) is -0.272. The molecule has 4 heterocycles. The zero-order chi connectivity index (χ0) is 28.2. The SMILES string of the molecule is CC#CCOc1ccc(C(=O)Nc2csc([C@@]34COC(C)(C)C[C@@H]3CSC(NC(=O)c3ccccc3)=N4)n2)nc1. The minimum atomic E-state index is -0.771. The Hall–Kier alpha value is -3.72. The van der Waals surface area contributed by atoms with Crippen molar-refractivity contribution < 1.29 is 19.1 Å². The topological polar surface area (TPSA) is 115 Å². The maximum absolute atomic E-state index is 12.9. The molecule has 11 heteroatoms. The number of hydrogen-bond acceptors (Lipinski definition) is 9. The first-order valence-corrected chi connectivity index (χ1v) is 14.6. The zero-order valence-electron chi connectivity index (χ0n) is 22.4. The quantitative estimate of drug-likeness (QED) is 0.408. The number of benzene rings is 1. The van der Waals surface area contributed by atoms with Crippen LogP contribution in [0.15, 0.2) is 59.0 Å². The van der Waals surface area contributed by atoms with Crippen molar-refractivity contribution in [1.82, 2.24) is 15.3 Å². The third-order valence-electron chi connectivity index (χ3n) is 6.65. The number of rotatable bonds is 6. The Kier molecular flexibility index (Phi) is 8.21. The van der Waals surface area contributed by atoms with Gasteiger partial charge in [0.1, 0.15) is 34.4 Å². The van der Waals surface area contributed by atoms with Crippen LogP contribution in [0.5, 0.6) is 5.75 Å². The number of carbonyl (C=O) groups is 2. The number of fused-ring (bicyclic) bond motifs is 1. The maximum Gasteiger partial charge on any atom is 0.275 e. The number of nitrogens with one attached hydrogen (secondary N) is 2. The van der Waals surface area contributed by atoms with Gasteiger partial charge in [0.05, 0.1) is 18.4 Å². The van der Waals surface area contributed by atoms with Crippen LogP contribution in [0.3, 0.4) is 0 Å². The summed E-state index contributed by atoms with van der Waals surface area (Å²) < 4.78 is 11.7. The van der Waals surface area contributed by atoms with Crippen molar-refractivity contribution in [2.75, 3.05) is 24.3 Å². The lowest BCUT2D eigenvalue weighted by molar-refractivity contribution is -0.109. The van der Waals surface area contributed by atoms with Crippen LogP contribution in [0.25, 0.3) is 0 Å². The van der Waals surface area contributed by atoms with Gasteiger partial charge in [-0.15, -0.1) is 17.3 Å². The van der Waals surface area contributed by atoms with E-state index < -0.39 is 5.54 Å². The average molecular weight is 576 g/mol. The molecular formula is C29H29N5O4S2. The fourth-order valence-corrected chi connectivity index (χ4v) is 6.67. The molecule has 0 bridgehead atoms. The number of thioether (sulfide) groups is 1. The molecule has 0 spiro atoms. The van der Waals surface area contributed by atoms with E-state index in [0.717, 1.165) is 17.2 Å². The molecule has 0 saturated carbocycles. The van der Waals surface area contributed by atoms with E-state index in [9.17, 15) is 9.59 Å². The van der Waals surface area contributed by atoms with Crippen LogP contribution in [0.2, 0.25) is 0 Å². The minimum absolute atomic E-state index is 0.139. The molecule has 2 aliphatic heterocycles. The molecule has 206 valence electrons. The lowest BCUT2D eigenvalue weighted by Crippen LogP contribution is -2.53. The van der Waals surface area contributed by atoms with Gasteiger partial charge in [0.15, 0.2) is 5.17 Å². The Morgan fingerprint density at radius 2 is 1.98 bits per heavy atom. The van der Waals surface area contributed by atoms with Crippen LogP contribution >= 0.6 is 23.1 Å². The third-order valence-corrected chi connectivity index (χ3v) is 8.69. The van der Waals surface area contributed by atoms with Crippen LogP contribution in [-0.4, -0.2) is 51.5 Å². The van der Waals surface area contributed by atoms with Crippen molar-refractivity contribution in [2.24, 2.45) is 10.9 Å². The van der Waals surface area contributed by atoms with Crippen molar-refractivity contribution in [3.8, 4) is 17.6 Å². The summed E-state index contributed by atoms with van der Waals surface area (Å²) in [6, 6.07) is 12.3. The van der Waals surface area contributed by atoms with E-state index in [-0.39, 0.29) is 35.6 Å². The molecule has 1 fully saturated rings. The van der Waals surface area contributed by atoms with Gasteiger partial charge in [-0.2, -0.15) is 0 Å². The van der Waals surface area contributed by atoms with E-state index in [1.165, 1.54) is 29.3 Å². The van der Waals surface area contributed by atoms with Crippen molar-refractivity contribution in [2.45, 2.75) is 38.3 Å². The second kappa shape index (κ2) is 11.8. The molecule has 1 aromatic carbocycles. The van der Waals surface area contributed by atoms with Gasteiger partial charge in [-0.1, -0.05) is 35.9 Å². The summed E-state index contributed by atoms with van der Waals surface area (Å²) in [7, 11) is 0. The van der Waals surface area contributed by atoms with E-state index in [0.29, 0.717) is 28.9 Å². The predicted octanol–water partition coefficient (Wildman–Crippen LogP) is 4.74. The molecular weight excluding hydrogens is 546 g/mol. The first-order chi connectivity index (χ1) is 19.3. The van der Waals surface area contributed by atoms with Gasteiger partial charge in [0.25, 0.3) is 11.8 Å². The molecule has 2 aliphatic rings. The largest absolute Gasteiger partial charge is 0.479 e. The Morgan fingerprint density at radius 3 is 2.73 bits per heavy atom. The number of amidine groups is 1. The summed E-state index contributed by atoms with van der Waals surface area (Å²) >= 11 is 2.94. The molecule has 2 atom stereocenters. The molecule has 2 aromatic heterocycles. The fourth-order valence-electron chi connectivity index (χ4n) is 4.57. The predicted molar refractivity (Wildman–Crippen MR) is 157 cm³/mol. The van der Waals surface area contributed by atoms with Gasteiger partial charge in [0, 0.05) is 22.6 Å². The van der Waals surface area contributed by atoms with E-state index in [1.807, 2.05) is 18.2 Å². The molecule has 0 unspecified atom stereocenters. The van der Waals surface area contributed by atoms with Crippen LogP contribution in [0.1, 0.15) is 53.0 Å². The molecule has 0 aliphatic carbocycles. The number of hydrogen-bond donors (Lipinski definition) is 2. The molecule has 5 rings (SSSR count). The Morgan fingerprint density at radius 1 is 1.15 bits per heavy atom. The highest BCUT2D eigenvalue weighted by Gasteiger charge is 2.52. The Balaban J connectivity index is 1.35. The molecule has 0 radical (unpaired) electrons. The summed E-state index contributed by atoms with van der Waals surface area (Å²) in [5, 5.41) is 8.85. The van der Waals surface area contributed by atoms with E-state index in [4.69, 9.17) is 19.5 Å². The summed E-state index contributed by atoms with van der Waals surface area (Å²) in [4.78, 5) is 39.7. The smallest absolute Gasteiger partial charge is 0.275 e. The average Bonchev–Trinajstić information content (AvgIpc) is 3.43. The van der Waals surface area contributed by atoms with Gasteiger partial charge >= 0.3 is 0 Å². The van der Waals surface area contributed by atoms with Crippen molar-refractivity contribution in [1.29, 1.82) is 0 Å². The highest BCUT2D eigenvalue weighted by Crippen LogP contribution is 2.49. The molecule has 3 aromatic rings. The van der Waals surface area contributed by atoms with Gasteiger partial charge in [0.2, 0.25) is 0 Å². The second-order valence-electron chi connectivity index (χ2n) is 10.0. The monoisotopic (exact) mass is 575 g/mol. The van der Waals surface area contributed by atoms with Crippen LogP contribution < -0.4 is 15.4 Å². The first-order valence-electron chi connectivity index (χ1n) is 12.8. The number of aliphatic imine (C=N–C) groups is 1. The molecule has 2 N–H and O–H groups in total. The Labute approximate surface area is 241 Å². The van der Waals surface area contributed by atoms with Gasteiger partial charge in [-0.05, 0) is 51.5 Å². The fraction of sp³-hybridized carbons (Fsp3) is 0.345. The number of pyridine rings is 1. The van der Waals surface area contributed by atoms with Crippen molar-refractivity contribution in [3.05, 3.63) is 70.3 Å². The number of amides is 2. The highest BCUT2D eigenvalue weighted by atomic mass is 32.2. The molecule has 1 saturated heterocycles. The number of aromatic nitrogens is 2. The Bertz CT molecular complexity index is 1480. The van der Waals surface area contributed by atoms with Gasteiger partial charge < -0.3 is 20.1 Å². The van der Waals surface area contributed by atoms with E-state index in [1.54, 1.807) is 36.6 Å². The molecule has 9 nitrogen and oxygen atoms in total. The summed E-state index contributed by atoms with van der Waals surface area (Å²) in [5.74, 6) is 6.80. The molecule has 2 amide bonds. The lowest BCUT2D eigenvalue weighted by Gasteiger charge is -2.48.